The Morgan fingerprint density at radius 1 is 0.900 bits per heavy atom. The molecular formula is C16H16O3S. The van der Waals surface area contributed by atoms with Crippen molar-refractivity contribution in [1.29, 1.82) is 0 Å². The molecule has 0 fully saturated rings. The van der Waals surface area contributed by atoms with Crippen molar-refractivity contribution in [2.45, 2.75) is 17.9 Å². The van der Waals surface area contributed by atoms with E-state index in [1.807, 2.05) is 43.4 Å². The maximum atomic E-state index is 12.3. The second kappa shape index (κ2) is 5.04. The minimum absolute atomic E-state index is 0.00947. The largest absolute Gasteiger partial charge is 0.297 e. The van der Waals surface area contributed by atoms with Gasteiger partial charge in [0, 0.05) is 11.8 Å². The maximum absolute atomic E-state index is 12.3. The Kier molecular flexibility index (Phi) is 3.36. The van der Waals surface area contributed by atoms with E-state index < -0.39 is 10.1 Å². The molecule has 20 heavy (non-hydrogen) atoms. The molecule has 0 aliphatic heterocycles. The van der Waals surface area contributed by atoms with Crippen LogP contribution in [0.5, 0.6) is 0 Å². The number of aryl methyl sites for hydroxylation is 1. The molecule has 0 heterocycles. The van der Waals surface area contributed by atoms with E-state index in [9.17, 15) is 8.42 Å². The van der Waals surface area contributed by atoms with Gasteiger partial charge in [-0.15, -0.1) is 0 Å². The lowest BCUT2D eigenvalue weighted by Gasteiger charge is -2.20. The molecule has 1 aromatic rings. The summed E-state index contributed by atoms with van der Waals surface area (Å²) in [4.78, 5) is 0.208. The van der Waals surface area contributed by atoms with Gasteiger partial charge in [-0.3, -0.25) is 4.18 Å². The van der Waals surface area contributed by atoms with E-state index in [0.717, 1.165) is 5.56 Å². The molecule has 0 amide bonds. The molecule has 1 unspecified atom stereocenters. The zero-order valence-corrected chi connectivity index (χ0v) is 12.0. The molecule has 0 spiro atoms. The number of benzene rings is 1. The van der Waals surface area contributed by atoms with Gasteiger partial charge in [0.25, 0.3) is 10.1 Å². The molecule has 4 heteroatoms. The van der Waals surface area contributed by atoms with Crippen LogP contribution in [0.1, 0.15) is 5.56 Å². The normalized spacial score (nSPS) is 27.8. The molecule has 0 saturated carbocycles. The molecule has 3 nitrogen and oxygen atoms in total. The highest BCUT2D eigenvalue weighted by Gasteiger charge is 2.34. The summed E-state index contributed by atoms with van der Waals surface area (Å²) in [5.74, 6) is 0.0189. The van der Waals surface area contributed by atoms with Gasteiger partial charge in [0.1, 0.15) is 0 Å². The quantitative estimate of drug-likeness (QED) is 0.634. The number of allylic oxidation sites excluding steroid dienone is 2. The zero-order chi connectivity index (χ0) is 14.2. The Hall–Kier alpha value is -1.65. The van der Waals surface area contributed by atoms with Crippen LogP contribution in [0.25, 0.3) is 0 Å². The molecule has 0 aromatic heterocycles. The molecule has 0 saturated heterocycles. The molecule has 104 valence electrons. The summed E-state index contributed by atoms with van der Waals surface area (Å²) in [5.41, 5.74) is 1.02. The summed E-state index contributed by atoms with van der Waals surface area (Å²) >= 11 is 0. The van der Waals surface area contributed by atoms with Crippen LogP contribution >= 0.6 is 0 Å². The molecule has 3 rings (SSSR count). The van der Waals surface area contributed by atoms with Gasteiger partial charge in [0.05, 0.1) is 11.0 Å². The first-order chi connectivity index (χ1) is 9.56. The summed E-state index contributed by atoms with van der Waals surface area (Å²) in [5, 5.41) is 0. The number of rotatable bonds is 3. The van der Waals surface area contributed by atoms with Crippen LogP contribution in [0, 0.1) is 18.8 Å². The Bertz CT molecular complexity index is 659. The SMILES string of the molecule is Cc1ccc(S(=O)(=O)OC2[C@@H]3C=CC=C[C@H]2C=C3)cc1. The molecule has 1 aromatic carbocycles. The van der Waals surface area contributed by atoms with Crippen molar-refractivity contribution in [2.24, 2.45) is 11.8 Å². The monoisotopic (exact) mass is 288 g/mol. The van der Waals surface area contributed by atoms with E-state index in [0.29, 0.717) is 0 Å². The Morgan fingerprint density at radius 3 is 2.00 bits per heavy atom. The molecular weight excluding hydrogens is 272 g/mol. The van der Waals surface area contributed by atoms with Gasteiger partial charge in [-0.1, -0.05) is 54.2 Å². The second-order valence-electron chi connectivity index (χ2n) is 5.14. The van der Waals surface area contributed by atoms with Gasteiger partial charge in [0.15, 0.2) is 0 Å². The first kappa shape index (κ1) is 13.3. The van der Waals surface area contributed by atoms with Crippen LogP contribution < -0.4 is 0 Å². The third-order valence-corrected chi connectivity index (χ3v) is 4.96. The van der Waals surface area contributed by atoms with Crippen molar-refractivity contribution in [2.75, 3.05) is 0 Å². The highest BCUT2D eigenvalue weighted by Crippen LogP contribution is 2.33. The summed E-state index contributed by atoms with van der Waals surface area (Å²) < 4.78 is 30.2. The lowest BCUT2D eigenvalue weighted by atomic mass is 10.0. The van der Waals surface area contributed by atoms with Crippen LogP contribution in [0.3, 0.4) is 0 Å². The molecule has 0 radical (unpaired) electrons. The first-order valence-electron chi connectivity index (χ1n) is 6.59. The van der Waals surface area contributed by atoms with E-state index in [4.69, 9.17) is 4.18 Å². The van der Waals surface area contributed by atoms with Crippen molar-refractivity contribution in [1.82, 2.24) is 0 Å². The van der Waals surface area contributed by atoms with E-state index >= 15 is 0 Å². The summed E-state index contributed by atoms with van der Waals surface area (Å²) in [6.45, 7) is 1.92. The fraction of sp³-hybridized carbons (Fsp3) is 0.250. The van der Waals surface area contributed by atoms with Crippen molar-refractivity contribution >= 4 is 10.1 Å². The van der Waals surface area contributed by atoms with Crippen molar-refractivity contribution in [3.05, 3.63) is 66.3 Å². The molecule has 2 bridgehead atoms. The van der Waals surface area contributed by atoms with Crippen LogP contribution in [-0.4, -0.2) is 14.5 Å². The fourth-order valence-corrected chi connectivity index (χ4v) is 3.63. The van der Waals surface area contributed by atoms with Crippen LogP contribution in [0.15, 0.2) is 65.6 Å². The Labute approximate surface area is 119 Å². The Balaban J connectivity index is 1.86. The van der Waals surface area contributed by atoms with E-state index in [1.165, 1.54) is 0 Å². The highest BCUT2D eigenvalue weighted by atomic mass is 32.2. The predicted molar refractivity (Wildman–Crippen MR) is 77.6 cm³/mol. The van der Waals surface area contributed by atoms with Crippen LogP contribution in [-0.2, 0) is 14.3 Å². The minimum Gasteiger partial charge on any atom is -0.261 e. The summed E-state index contributed by atoms with van der Waals surface area (Å²) in [7, 11) is -3.73. The highest BCUT2D eigenvalue weighted by molar-refractivity contribution is 7.86. The van der Waals surface area contributed by atoms with Gasteiger partial charge < -0.3 is 0 Å². The van der Waals surface area contributed by atoms with Gasteiger partial charge in [0.2, 0.25) is 0 Å². The number of fused-ring (bicyclic) bond motifs is 2. The number of hydrogen-bond acceptors (Lipinski definition) is 3. The Morgan fingerprint density at radius 2 is 1.45 bits per heavy atom. The van der Waals surface area contributed by atoms with Crippen LogP contribution in [0.4, 0.5) is 0 Å². The van der Waals surface area contributed by atoms with Gasteiger partial charge in [-0.05, 0) is 19.1 Å². The third-order valence-electron chi connectivity index (χ3n) is 3.64. The minimum atomic E-state index is -3.73. The first-order valence-corrected chi connectivity index (χ1v) is 8.00. The second-order valence-corrected chi connectivity index (χ2v) is 6.71. The lowest BCUT2D eigenvalue weighted by molar-refractivity contribution is 0.170. The van der Waals surface area contributed by atoms with Gasteiger partial charge in [-0.2, -0.15) is 8.42 Å². The molecule has 2 aliphatic rings. The lowest BCUT2D eigenvalue weighted by Crippen LogP contribution is -2.27. The average molecular weight is 288 g/mol. The maximum Gasteiger partial charge on any atom is 0.297 e. The zero-order valence-electron chi connectivity index (χ0n) is 11.1. The van der Waals surface area contributed by atoms with E-state index in [2.05, 4.69) is 0 Å². The average Bonchev–Trinajstić information content (AvgIpc) is 2.62. The number of hydrogen-bond donors (Lipinski definition) is 0. The third kappa shape index (κ3) is 2.49. The van der Waals surface area contributed by atoms with Crippen molar-refractivity contribution < 1.29 is 12.6 Å². The van der Waals surface area contributed by atoms with Gasteiger partial charge >= 0.3 is 0 Å². The molecule has 0 N–H and O–H groups in total. The summed E-state index contributed by atoms with van der Waals surface area (Å²) in [6.07, 6.45) is 11.4. The smallest absolute Gasteiger partial charge is 0.261 e. The van der Waals surface area contributed by atoms with Crippen LogP contribution in [0.2, 0.25) is 0 Å². The fourth-order valence-electron chi connectivity index (χ4n) is 2.50. The van der Waals surface area contributed by atoms with E-state index in [-0.39, 0.29) is 22.8 Å². The topological polar surface area (TPSA) is 43.4 Å². The molecule has 3 atom stereocenters. The molecule has 2 aliphatic carbocycles. The predicted octanol–water partition coefficient (Wildman–Crippen LogP) is 3.00. The standard InChI is InChI=1S/C16H16O3S/c1-12-6-10-15(11-7-12)20(17,18)19-16-13-4-2-3-5-14(16)9-8-13/h2-11,13-14,16H,1H3/t13-,14+,16?. The van der Waals surface area contributed by atoms with E-state index in [1.54, 1.807) is 24.3 Å². The van der Waals surface area contributed by atoms with Gasteiger partial charge in [-0.25, -0.2) is 0 Å². The summed E-state index contributed by atoms with van der Waals surface area (Å²) in [6, 6.07) is 6.72. The van der Waals surface area contributed by atoms with Crippen molar-refractivity contribution in [3.8, 4) is 0 Å². The van der Waals surface area contributed by atoms with Crippen molar-refractivity contribution in [3.63, 3.8) is 0 Å².